The Morgan fingerprint density at radius 1 is 0.603 bits per heavy atom. The number of carbonyl (C=O) groups excluding carboxylic acids is 4. The van der Waals surface area contributed by atoms with Gasteiger partial charge in [-0.2, -0.15) is 10.2 Å². The highest BCUT2D eigenvalue weighted by Crippen LogP contribution is 2.35. The number of rotatable bonds is 6. The van der Waals surface area contributed by atoms with Crippen molar-refractivity contribution in [2.24, 2.45) is 11.5 Å². The van der Waals surface area contributed by atoms with E-state index in [0.29, 0.717) is 70.3 Å². The maximum Gasteiger partial charge on any atom is 0.488 e. The van der Waals surface area contributed by atoms with Crippen molar-refractivity contribution in [3.05, 3.63) is 172 Å². The Hall–Kier alpha value is -7.94. The van der Waals surface area contributed by atoms with Crippen LogP contribution in [0.5, 0.6) is 11.5 Å². The minimum Gasteiger partial charge on any atom is -0.489 e. The molecule has 0 radical (unpaired) electrons. The summed E-state index contributed by atoms with van der Waals surface area (Å²) < 4.78 is 42.0. The first-order chi connectivity index (χ1) is 31.7. The summed E-state index contributed by atoms with van der Waals surface area (Å²) in [5, 5.41) is 25.9. The Labute approximate surface area is 397 Å². The molecule has 10 rings (SSSR count). The van der Waals surface area contributed by atoms with Crippen molar-refractivity contribution in [3.63, 3.8) is 0 Å². The van der Waals surface area contributed by atoms with Crippen molar-refractivity contribution >= 4 is 74.5 Å². The number of fused-ring (bicyclic) bond motifs is 4. The van der Waals surface area contributed by atoms with Gasteiger partial charge in [0.2, 0.25) is 11.8 Å². The highest BCUT2D eigenvalue weighted by atomic mass is 79.9. The van der Waals surface area contributed by atoms with Crippen LogP contribution in [0.25, 0.3) is 22.2 Å². The number of primary amides is 2. The quantitative estimate of drug-likeness (QED) is 0.136. The zero-order valence-electron chi connectivity index (χ0n) is 34.4. The molecule has 68 heavy (non-hydrogen) atoms. The largest absolute Gasteiger partial charge is 0.489 e. The molecule has 4 amide bonds. The van der Waals surface area contributed by atoms with Crippen LogP contribution in [-0.2, 0) is 0 Å². The van der Waals surface area contributed by atoms with Gasteiger partial charge in [-0.1, -0.05) is 39.1 Å². The van der Waals surface area contributed by atoms with Crippen LogP contribution in [0.2, 0.25) is 0 Å². The Kier molecular flexibility index (Phi) is 15.4. The summed E-state index contributed by atoms with van der Waals surface area (Å²) in [6, 6.07) is 27.9. The first-order valence-corrected chi connectivity index (χ1v) is 20.8. The van der Waals surface area contributed by atoms with Crippen molar-refractivity contribution in [1.82, 2.24) is 19.2 Å². The van der Waals surface area contributed by atoms with Crippen molar-refractivity contribution in [3.8, 4) is 22.6 Å². The number of anilines is 2. The third kappa shape index (κ3) is 10.5. The van der Waals surface area contributed by atoms with E-state index in [1.807, 2.05) is 0 Å². The minimum absolute atomic E-state index is 0. The molecule has 8 aromatic rings. The second-order valence-corrected chi connectivity index (χ2v) is 15.5. The summed E-state index contributed by atoms with van der Waals surface area (Å²) in [6.45, 7) is 1.40. The zero-order valence-corrected chi connectivity index (χ0v) is 36.0. The lowest BCUT2D eigenvalue weighted by molar-refractivity contribution is 0.0969. The maximum atomic E-state index is 13.5. The van der Waals surface area contributed by atoms with Crippen LogP contribution in [0.15, 0.2) is 138 Å². The van der Waals surface area contributed by atoms with Gasteiger partial charge < -0.3 is 40.8 Å². The molecule has 0 saturated heterocycles. The number of ether oxygens (including phenoxy) is 2. The Bertz CT molecular complexity index is 3150. The number of pyridine rings is 2. The molecule has 0 saturated carbocycles. The van der Waals surface area contributed by atoms with E-state index in [4.69, 9.17) is 31.0 Å². The Morgan fingerprint density at radius 3 is 1.54 bits per heavy atom. The molecule has 0 aliphatic carbocycles. The molecule has 2 aliphatic rings. The molecule has 6 heterocycles. The second-order valence-electron chi connectivity index (χ2n) is 14.7. The van der Waals surface area contributed by atoms with Crippen LogP contribution < -0.4 is 36.2 Å². The summed E-state index contributed by atoms with van der Waals surface area (Å²) in [7, 11) is -1.51. The lowest BCUT2D eigenvalue weighted by atomic mass is 9.80. The highest BCUT2D eigenvalue weighted by molar-refractivity contribution is 9.10. The van der Waals surface area contributed by atoms with Crippen LogP contribution in [0.3, 0.4) is 0 Å². The third-order valence-electron chi connectivity index (χ3n) is 10.5. The SMILES string of the molecule is C.C.NC(=O)c1ccc(-c2cnn3ccc(C(=O)N4CCOc5cc(F)ccc54)cc23)cc1.NC(=O)c1ccc(B(O)O)cc1.O=C(c1ccn2ncc(Br)c2c1)N1CCOc2cc(F)ccc21. The Balaban J connectivity index is 0.000000181. The molecular formula is C48H44BBrF2N8O8. The van der Waals surface area contributed by atoms with E-state index in [0.717, 1.165) is 26.6 Å². The monoisotopic (exact) mass is 988 g/mol. The van der Waals surface area contributed by atoms with Gasteiger partial charge in [-0.15, -0.1) is 0 Å². The lowest BCUT2D eigenvalue weighted by Gasteiger charge is -2.29. The third-order valence-corrected chi connectivity index (χ3v) is 11.1. The molecule has 2 aliphatic heterocycles. The Morgan fingerprint density at radius 2 is 1.06 bits per heavy atom. The van der Waals surface area contributed by atoms with E-state index in [1.165, 1.54) is 48.5 Å². The average molecular weight is 990 g/mol. The number of nitrogens with two attached hydrogens (primary N) is 2. The average Bonchev–Trinajstić information content (AvgIpc) is 3.93. The molecular weight excluding hydrogens is 945 g/mol. The normalized spacial score (nSPS) is 12.2. The highest BCUT2D eigenvalue weighted by Gasteiger charge is 2.27. The first kappa shape index (κ1) is 49.5. The first-order valence-electron chi connectivity index (χ1n) is 20.0. The van der Waals surface area contributed by atoms with Crippen LogP contribution in [0.4, 0.5) is 20.2 Å². The maximum absolute atomic E-state index is 13.5. The molecule has 0 fully saturated rings. The number of hydrogen-bond donors (Lipinski definition) is 4. The van der Waals surface area contributed by atoms with Gasteiger partial charge in [0.25, 0.3) is 11.8 Å². The van der Waals surface area contributed by atoms with Gasteiger partial charge in [0.05, 0.1) is 52.4 Å². The summed E-state index contributed by atoms with van der Waals surface area (Å²) >= 11 is 3.41. The molecule has 0 atom stereocenters. The number of halogens is 3. The smallest absolute Gasteiger partial charge is 0.488 e. The van der Waals surface area contributed by atoms with Crippen LogP contribution in [0.1, 0.15) is 56.3 Å². The summed E-state index contributed by atoms with van der Waals surface area (Å²) in [4.78, 5) is 51.2. The number of nitrogens with zero attached hydrogens (tertiary/aromatic N) is 6. The van der Waals surface area contributed by atoms with Crippen LogP contribution >= 0.6 is 15.9 Å². The van der Waals surface area contributed by atoms with Crippen LogP contribution in [-0.4, -0.2) is 86.3 Å². The fraction of sp³-hybridized carbons (Fsp3) is 0.125. The van der Waals surface area contributed by atoms with Gasteiger partial charge in [0, 0.05) is 52.3 Å². The summed E-state index contributed by atoms with van der Waals surface area (Å²) in [5.74, 6) is -1.47. The van der Waals surface area contributed by atoms with Gasteiger partial charge in [-0.3, -0.25) is 19.2 Å². The van der Waals surface area contributed by atoms with Crippen molar-refractivity contribution in [2.75, 3.05) is 36.1 Å². The number of aromatic nitrogens is 4. The van der Waals surface area contributed by atoms with E-state index in [2.05, 4.69) is 26.1 Å². The topological polar surface area (TPSA) is 220 Å². The molecule has 6 N–H and O–H groups in total. The summed E-state index contributed by atoms with van der Waals surface area (Å²) in [6.07, 6.45) is 6.83. The zero-order chi connectivity index (χ0) is 46.6. The molecule has 0 unspecified atom stereocenters. The molecule has 4 aromatic heterocycles. The number of carbonyl (C=O) groups is 4. The van der Waals surface area contributed by atoms with Gasteiger partial charge in [-0.05, 0) is 99.8 Å². The molecule has 4 aromatic carbocycles. The van der Waals surface area contributed by atoms with Crippen molar-refractivity contribution < 1.29 is 47.5 Å². The van der Waals surface area contributed by atoms with E-state index in [9.17, 15) is 28.0 Å². The lowest BCUT2D eigenvalue weighted by Crippen LogP contribution is -2.38. The van der Waals surface area contributed by atoms with Gasteiger partial charge >= 0.3 is 7.12 Å². The van der Waals surface area contributed by atoms with Crippen molar-refractivity contribution in [2.45, 2.75) is 14.9 Å². The number of hydrogen-bond acceptors (Lipinski definition) is 10. The molecule has 0 bridgehead atoms. The van der Waals surface area contributed by atoms with Crippen molar-refractivity contribution in [1.29, 1.82) is 0 Å². The van der Waals surface area contributed by atoms with E-state index in [1.54, 1.807) is 104 Å². The van der Waals surface area contributed by atoms with Gasteiger partial charge in [0.1, 0.15) is 36.3 Å². The van der Waals surface area contributed by atoms with Gasteiger partial charge in [0.15, 0.2) is 0 Å². The predicted octanol–water partition coefficient (Wildman–Crippen LogP) is 6.29. The number of benzene rings is 4. The van der Waals surface area contributed by atoms with Crippen LogP contribution in [0, 0.1) is 11.6 Å². The second kappa shape index (κ2) is 21.1. The van der Waals surface area contributed by atoms with E-state index in [-0.39, 0.29) is 39.1 Å². The van der Waals surface area contributed by atoms with Gasteiger partial charge in [-0.25, -0.2) is 17.8 Å². The van der Waals surface area contributed by atoms with E-state index >= 15 is 0 Å². The standard InChI is InChI=1S/C23H17FN4O3.C16H11BrFN3O2.C7H8BNO3.2CH4/c24-17-5-6-19-21(12-17)31-10-9-27(19)23(30)16-7-8-28-20(11-16)18(13-26-28)14-1-3-15(4-2-14)22(25)29;17-12-9-19-21-4-3-10(7-14(12)21)16(22)20-5-6-23-15-8-11(18)1-2-13(15)20;9-7(10)5-1-3-6(4-2-5)8(11)12;;/h1-8,11-13H,9-10H2,(H2,25,29);1-4,7-9H,5-6H2;1-4,11-12H,(H2,9,10);2*1H4. The molecule has 348 valence electrons. The minimum atomic E-state index is -1.51. The number of amides is 4. The molecule has 0 spiro atoms. The summed E-state index contributed by atoms with van der Waals surface area (Å²) in [5.41, 5.74) is 16.7. The van der Waals surface area contributed by atoms with E-state index < -0.39 is 24.7 Å². The molecule has 16 nitrogen and oxygen atoms in total. The fourth-order valence-corrected chi connectivity index (χ4v) is 7.56. The predicted molar refractivity (Wildman–Crippen MR) is 257 cm³/mol. The fourth-order valence-electron chi connectivity index (χ4n) is 7.17. The molecule has 20 heteroatoms.